The molecule has 1 aliphatic heterocycles. The van der Waals surface area contributed by atoms with Gasteiger partial charge in [-0.2, -0.15) is 0 Å². The minimum Gasteiger partial charge on any atom is -0.350 e. The van der Waals surface area contributed by atoms with E-state index >= 15 is 0 Å². The molecule has 0 radical (unpaired) electrons. The zero-order chi connectivity index (χ0) is 22.6. The SMILES string of the molecule is CC(NC(=O)CCCCCN=C1NS(=O)(=O)c2ccccc21)c1ccc2c(c1)CCCC2. The molecule has 0 fully saturated rings. The first-order valence-corrected chi connectivity index (χ1v) is 13.0. The Morgan fingerprint density at radius 2 is 1.84 bits per heavy atom. The molecular formula is C25H31N3O3S. The molecule has 1 amide bonds. The highest BCUT2D eigenvalue weighted by atomic mass is 32.2. The first-order valence-electron chi connectivity index (χ1n) is 11.5. The van der Waals surface area contributed by atoms with Crippen LogP contribution in [-0.2, 0) is 27.7 Å². The fourth-order valence-electron chi connectivity index (χ4n) is 4.44. The van der Waals surface area contributed by atoms with Gasteiger partial charge in [0.2, 0.25) is 5.91 Å². The van der Waals surface area contributed by atoms with Gasteiger partial charge >= 0.3 is 0 Å². The second-order valence-electron chi connectivity index (χ2n) is 8.67. The fourth-order valence-corrected chi connectivity index (χ4v) is 5.69. The maximum atomic E-state index is 12.4. The number of sulfonamides is 1. The Bertz CT molecular complexity index is 1130. The number of nitrogens with one attached hydrogen (secondary N) is 2. The smallest absolute Gasteiger partial charge is 0.263 e. The average Bonchev–Trinajstić information content (AvgIpc) is 3.06. The lowest BCUT2D eigenvalue weighted by atomic mass is 9.89. The first kappa shape index (κ1) is 22.5. The van der Waals surface area contributed by atoms with Crippen LogP contribution in [0.5, 0.6) is 0 Å². The average molecular weight is 454 g/mol. The van der Waals surface area contributed by atoms with Crippen molar-refractivity contribution in [3.63, 3.8) is 0 Å². The van der Waals surface area contributed by atoms with Crippen LogP contribution < -0.4 is 10.0 Å². The molecule has 2 aliphatic rings. The molecule has 1 unspecified atom stereocenters. The third-order valence-electron chi connectivity index (χ3n) is 6.24. The van der Waals surface area contributed by atoms with Gasteiger partial charge in [0.05, 0.1) is 10.9 Å². The molecule has 0 saturated carbocycles. The Morgan fingerprint density at radius 3 is 2.69 bits per heavy atom. The summed E-state index contributed by atoms with van der Waals surface area (Å²) < 4.78 is 26.7. The summed E-state index contributed by atoms with van der Waals surface area (Å²) in [5.41, 5.74) is 4.69. The summed E-state index contributed by atoms with van der Waals surface area (Å²) in [6, 6.07) is 13.5. The number of hydrogen-bond donors (Lipinski definition) is 2. The predicted octanol–water partition coefficient (Wildman–Crippen LogP) is 4.04. The van der Waals surface area contributed by atoms with Gasteiger partial charge in [0, 0.05) is 18.5 Å². The quantitative estimate of drug-likeness (QED) is 0.591. The molecule has 0 aromatic heterocycles. The number of carbonyl (C=O) groups excluding carboxylic acids is 1. The number of benzene rings is 2. The third-order valence-corrected chi connectivity index (χ3v) is 7.64. The van der Waals surface area contributed by atoms with Gasteiger partial charge in [0.1, 0.15) is 5.84 Å². The molecule has 32 heavy (non-hydrogen) atoms. The summed E-state index contributed by atoms with van der Waals surface area (Å²) in [5.74, 6) is 0.483. The molecule has 1 aliphatic carbocycles. The Kier molecular flexibility index (Phi) is 6.94. The van der Waals surface area contributed by atoms with Gasteiger partial charge in [-0.05, 0) is 74.3 Å². The number of amidine groups is 1. The number of aliphatic imine (C=N–C) groups is 1. The summed E-state index contributed by atoms with van der Waals surface area (Å²) in [6.07, 6.45) is 7.78. The number of aryl methyl sites for hydroxylation is 2. The molecule has 7 heteroatoms. The fraction of sp³-hybridized carbons (Fsp3) is 0.440. The van der Waals surface area contributed by atoms with Gasteiger partial charge in [-0.25, -0.2) is 8.42 Å². The molecule has 6 nitrogen and oxygen atoms in total. The molecule has 1 atom stereocenters. The van der Waals surface area contributed by atoms with Crippen molar-refractivity contribution in [1.29, 1.82) is 0 Å². The largest absolute Gasteiger partial charge is 0.350 e. The van der Waals surface area contributed by atoms with E-state index in [0.29, 0.717) is 24.4 Å². The number of rotatable bonds is 8. The second-order valence-corrected chi connectivity index (χ2v) is 10.3. The van der Waals surface area contributed by atoms with Crippen LogP contribution in [0.4, 0.5) is 0 Å². The van der Waals surface area contributed by atoms with Gasteiger partial charge < -0.3 is 5.32 Å². The van der Waals surface area contributed by atoms with Gasteiger partial charge in [-0.1, -0.05) is 36.8 Å². The summed E-state index contributed by atoms with van der Waals surface area (Å²) >= 11 is 0. The van der Waals surface area contributed by atoms with Gasteiger partial charge in [-0.15, -0.1) is 0 Å². The summed E-state index contributed by atoms with van der Waals surface area (Å²) in [5, 5.41) is 3.12. The van der Waals surface area contributed by atoms with E-state index in [2.05, 4.69) is 33.2 Å². The van der Waals surface area contributed by atoms with Crippen molar-refractivity contribution in [3.05, 3.63) is 64.7 Å². The van der Waals surface area contributed by atoms with E-state index in [9.17, 15) is 13.2 Å². The van der Waals surface area contributed by atoms with Crippen LogP contribution in [0.15, 0.2) is 52.4 Å². The number of hydrogen-bond acceptors (Lipinski definition) is 4. The van der Waals surface area contributed by atoms with E-state index < -0.39 is 10.0 Å². The lowest BCUT2D eigenvalue weighted by Gasteiger charge is -2.20. The summed E-state index contributed by atoms with van der Waals surface area (Å²) in [6.45, 7) is 2.57. The van der Waals surface area contributed by atoms with E-state index in [1.54, 1.807) is 24.3 Å². The summed E-state index contributed by atoms with van der Waals surface area (Å²) in [7, 11) is -3.49. The lowest BCUT2D eigenvalue weighted by molar-refractivity contribution is -0.121. The molecule has 2 aromatic carbocycles. The maximum Gasteiger partial charge on any atom is 0.263 e. The van der Waals surface area contributed by atoms with Crippen molar-refractivity contribution in [2.75, 3.05) is 6.54 Å². The van der Waals surface area contributed by atoms with E-state index in [1.165, 1.54) is 36.0 Å². The highest BCUT2D eigenvalue weighted by molar-refractivity contribution is 7.90. The minimum absolute atomic E-state index is 0.0107. The molecular weight excluding hydrogens is 422 g/mol. The molecule has 0 saturated heterocycles. The van der Waals surface area contributed by atoms with Crippen LogP contribution in [0.3, 0.4) is 0 Å². The van der Waals surface area contributed by atoms with Gasteiger partial charge in [-0.3, -0.25) is 14.5 Å². The van der Waals surface area contributed by atoms with E-state index in [1.807, 2.05) is 6.92 Å². The number of carbonyl (C=O) groups is 1. The van der Waals surface area contributed by atoms with Crippen LogP contribution in [0, 0.1) is 0 Å². The Morgan fingerprint density at radius 1 is 1.06 bits per heavy atom. The van der Waals surface area contributed by atoms with E-state index in [-0.39, 0.29) is 16.8 Å². The predicted molar refractivity (Wildman–Crippen MR) is 126 cm³/mol. The first-order chi connectivity index (χ1) is 15.4. The number of amides is 1. The zero-order valence-electron chi connectivity index (χ0n) is 18.6. The highest BCUT2D eigenvalue weighted by Gasteiger charge is 2.29. The van der Waals surface area contributed by atoms with Crippen LogP contribution in [-0.4, -0.2) is 26.7 Å². The third kappa shape index (κ3) is 5.21. The van der Waals surface area contributed by atoms with Crippen molar-refractivity contribution in [3.8, 4) is 0 Å². The molecule has 0 bridgehead atoms. The van der Waals surface area contributed by atoms with E-state index in [0.717, 1.165) is 25.7 Å². The molecule has 2 aromatic rings. The monoisotopic (exact) mass is 453 g/mol. The highest BCUT2D eigenvalue weighted by Crippen LogP contribution is 2.25. The lowest BCUT2D eigenvalue weighted by Crippen LogP contribution is -2.26. The number of unbranched alkanes of at least 4 members (excludes halogenated alkanes) is 2. The van der Waals surface area contributed by atoms with Crippen molar-refractivity contribution in [2.24, 2.45) is 4.99 Å². The van der Waals surface area contributed by atoms with Crippen LogP contribution in [0.25, 0.3) is 0 Å². The number of fused-ring (bicyclic) bond motifs is 2. The topological polar surface area (TPSA) is 87.6 Å². The number of nitrogens with zero attached hydrogens (tertiary/aromatic N) is 1. The van der Waals surface area contributed by atoms with Crippen LogP contribution >= 0.6 is 0 Å². The van der Waals surface area contributed by atoms with Crippen LogP contribution in [0.2, 0.25) is 0 Å². The minimum atomic E-state index is -3.49. The zero-order valence-corrected chi connectivity index (χ0v) is 19.4. The molecule has 0 spiro atoms. The second kappa shape index (κ2) is 9.86. The van der Waals surface area contributed by atoms with Crippen molar-refractivity contribution >= 4 is 21.8 Å². The Hall–Kier alpha value is -2.67. The van der Waals surface area contributed by atoms with Crippen molar-refractivity contribution in [1.82, 2.24) is 10.0 Å². The standard InChI is InChI=1S/C25H31N3O3S/c1-18(20-15-14-19-9-4-5-10-21(19)17-20)27-24(29)13-3-2-8-16-26-25-22-11-6-7-12-23(22)32(30,31)28-25/h6-7,11-12,14-15,17-18H,2-5,8-10,13,16H2,1H3,(H,26,28)(H,27,29). The molecule has 1 heterocycles. The molecule has 4 rings (SSSR count). The Balaban J connectivity index is 1.19. The van der Waals surface area contributed by atoms with Gasteiger partial charge in [0.25, 0.3) is 10.0 Å². The van der Waals surface area contributed by atoms with E-state index in [4.69, 9.17) is 0 Å². The maximum absolute atomic E-state index is 12.4. The van der Waals surface area contributed by atoms with Crippen molar-refractivity contribution < 1.29 is 13.2 Å². The van der Waals surface area contributed by atoms with Crippen molar-refractivity contribution in [2.45, 2.75) is 69.2 Å². The van der Waals surface area contributed by atoms with Gasteiger partial charge in [0.15, 0.2) is 0 Å². The molecule has 170 valence electrons. The summed E-state index contributed by atoms with van der Waals surface area (Å²) in [4.78, 5) is 17.1. The Labute approximate surface area is 190 Å². The normalized spacial score (nSPS) is 18.5. The molecule has 2 N–H and O–H groups in total. The van der Waals surface area contributed by atoms with Crippen LogP contribution in [0.1, 0.15) is 73.7 Å².